The Labute approximate surface area is 120 Å². The Bertz CT molecular complexity index is 317. The average molecular weight is 287 g/mol. The quantitative estimate of drug-likeness (QED) is 0.589. The van der Waals surface area contributed by atoms with Gasteiger partial charge in [0.15, 0.2) is 0 Å². The van der Waals surface area contributed by atoms with Crippen molar-refractivity contribution in [1.82, 2.24) is 4.90 Å². The van der Waals surface area contributed by atoms with Crippen molar-refractivity contribution in [3.05, 3.63) is 0 Å². The van der Waals surface area contributed by atoms with Crippen molar-refractivity contribution in [2.75, 3.05) is 31.2 Å². The van der Waals surface area contributed by atoms with Crippen molar-refractivity contribution in [2.24, 2.45) is 11.3 Å². The number of carbonyl (C=O) groups excluding carboxylic acids is 2. The summed E-state index contributed by atoms with van der Waals surface area (Å²) in [6, 6.07) is 0. The summed E-state index contributed by atoms with van der Waals surface area (Å²) < 4.78 is 5.08. The summed E-state index contributed by atoms with van der Waals surface area (Å²) in [7, 11) is 0. The highest BCUT2D eigenvalue weighted by Crippen LogP contribution is 2.29. The molecule has 1 aliphatic heterocycles. The van der Waals surface area contributed by atoms with Gasteiger partial charge in [-0.05, 0) is 24.5 Å². The number of carbonyl (C=O) groups is 2. The molecule has 1 aliphatic rings. The second-order valence-corrected chi connectivity index (χ2v) is 7.07. The van der Waals surface area contributed by atoms with Gasteiger partial charge in [0.2, 0.25) is 5.91 Å². The number of rotatable bonds is 3. The molecule has 0 radical (unpaired) electrons. The molecule has 0 aromatic rings. The SMILES string of the molecule is CCOC(=O)C(C(=O)N1CCCSCC1)C(C)(C)C. The highest BCUT2D eigenvalue weighted by molar-refractivity contribution is 7.99. The van der Waals surface area contributed by atoms with Gasteiger partial charge in [-0.1, -0.05) is 20.8 Å². The summed E-state index contributed by atoms with van der Waals surface area (Å²) in [5.74, 6) is 0.871. The first-order valence-corrected chi connectivity index (χ1v) is 8.06. The van der Waals surface area contributed by atoms with Crippen molar-refractivity contribution in [3.8, 4) is 0 Å². The predicted molar refractivity (Wildman–Crippen MR) is 78.1 cm³/mol. The van der Waals surface area contributed by atoms with Crippen LogP contribution in [0.15, 0.2) is 0 Å². The third-order valence-electron chi connectivity index (χ3n) is 3.17. The molecular formula is C14H25NO3S. The molecule has 1 saturated heterocycles. The smallest absolute Gasteiger partial charge is 0.319 e. The van der Waals surface area contributed by atoms with Gasteiger partial charge in [0.05, 0.1) is 6.61 Å². The molecular weight excluding hydrogens is 262 g/mol. The molecule has 1 atom stereocenters. The van der Waals surface area contributed by atoms with Crippen LogP contribution >= 0.6 is 11.8 Å². The van der Waals surface area contributed by atoms with E-state index in [1.807, 2.05) is 37.4 Å². The minimum Gasteiger partial charge on any atom is -0.465 e. The highest BCUT2D eigenvalue weighted by atomic mass is 32.2. The standard InChI is InChI=1S/C14H25NO3S/c1-5-18-13(17)11(14(2,3)4)12(16)15-7-6-9-19-10-8-15/h11H,5-10H2,1-4H3. The van der Waals surface area contributed by atoms with Gasteiger partial charge in [0, 0.05) is 18.8 Å². The van der Waals surface area contributed by atoms with E-state index in [4.69, 9.17) is 4.74 Å². The van der Waals surface area contributed by atoms with E-state index in [1.54, 1.807) is 6.92 Å². The summed E-state index contributed by atoms with van der Waals surface area (Å²) in [5, 5.41) is 0. The summed E-state index contributed by atoms with van der Waals surface area (Å²) in [5.41, 5.74) is -0.414. The van der Waals surface area contributed by atoms with Gasteiger partial charge in [-0.3, -0.25) is 9.59 Å². The van der Waals surface area contributed by atoms with Gasteiger partial charge in [-0.25, -0.2) is 0 Å². The van der Waals surface area contributed by atoms with Crippen LogP contribution in [0, 0.1) is 11.3 Å². The number of esters is 1. The molecule has 110 valence electrons. The van der Waals surface area contributed by atoms with Crippen LogP contribution in [0.5, 0.6) is 0 Å². The summed E-state index contributed by atoms with van der Waals surface area (Å²) >= 11 is 1.86. The lowest BCUT2D eigenvalue weighted by molar-refractivity contribution is -0.160. The van der Waals surface area contributed by atoms with Crippen LogP contribution in [0.2, 0.25) is 0 Å². The normalized spacial score (nSPS) is 18.6. The largest absolute Gasteiger partial charge is 0.465 e. The molecule has 0 N–H and O–H groups in total. The van der Waals surface area contributed by atoms with Crippen molar-refractivity contribution >= 4 is 23.6 Å². The molecule has 1 unspecified atom stereocenters. The molecule has 1 rings (SSSR count). The molecule has 5 heteroatoms. The lowest BCUT2D eigenvalue weighted by Crippen LogP contribution is -2.46. The number of thioether (sulfide) groups is 1. The fourth-order valence-corrected chi connectivity index (χ4v) is 3.09. The summed E-state index contributed by atoms with van der Waals surface area (Å²) in [6.07, 6.45) is 0.996. The van der Waals surface area contributed by atoms with E-state index in [0.29, 0.717) is 6.61 Å². The van der Waals surface area contributed by atoms with Crippen molar-refractivity contribution < 1.29 is 14.3 Å². The van der Waals surface area contributed by atoms with Crippen molar-refractivity contribution in [1.29, 1.82) is 0 Å². The number of nitrogens with zero attached hydrogens (tertiary/aromatic N) is 1. The first-order chi connectivity index (χ1) is 8.88. The minimum atomic E-state index is -0.699. The van der Waals surface area contributed by atoms with E-state index < -0.39 is 17.3 Å². The third kappa shape index (κ3) is 4.71. The Balaban J connectivity index is 2.84. The van der Waals surface area contributed by atoms with Crippen LogP contribution in [-0.2, 0) is 14.3 Å². The lowest BCUT2D eigenvalue weighted by atomic mass is 9.79. The van der Waals surface area contributed by atoms with Gasteiger partial charge in [-0.15, -0.1) is 0 Å². The van der Waals surface area contributed by atoms with Crippen LogP contribution in [0.4, 0.5) is 0 Å². The first kappa shape index (κ1) is 16.3. The van der Waals surface area contributed by atoms with E-state index in [1.165, 1.54) is 0 Å². The molecule has 1 amide bonds. The van der Waals surface area contributed by atoms with E-state index in [0.717, 1.165) is 31.0 Å². The molecule has 0 aromatic heterocycles. The Kier molecular flexibility index (Phi) is 6.17. The number of hydrogen-bond donors (Lipinski definition) is 0. The maximum Gasteiger partial charge on any atom is 0.319 e. The zero-order valence-electron chi connectivity index (χ0n) is 12.4. The Hall–Kier alpha value is -0.710. The molecule has 1 heterocycles. The molecule has 0 spiro atoms. The first-order valence-electron chi connectivity index (χ1n) is 6.91. The monoisotopic (exact) mass is 287 g/mol. The van der Waals surface area contributed by atoms with Gasteiger partial charge in [-0.2, -0.15) is 11.8 Å². The second-order valence-electron chi connectivity index (χ2n) is 5.84. The van der Waals surface area contributed by atoms with Crippen molar-refractivity contribution in [3.63, 3.8) is 0 Å². The molecule has 0 aromatic carbocycles. The van der Waals surface area contributed by atoms with Gasteiger partial charge < -0.3 is 9.64 Å². The van der Waals surface area contributed by atoms with E-state index >= 15 is 0 Å². The second kappa shape index (κ2) is 7.17. The van der Waals surface area contributed by atoms with Gasteiger partial charge >= 0.3 is 5.97 Å². The predicted octanol–water partition coefficient (Wildman–Crippen LogP) is 2.18. The lowest BCUT2D eigenvalue weighted by Gasteiger charge is -2.32. The summed E-state index contributed by atoms with van der Waals surface area (Å²) in [6.45, 7) is 9.31. The average Bonchev–Trinajstić information content (AvgIpc) is 2.55. The van der Waals surface area contributed by atoms with E-state index in [-0.39, 0.29) is 5.91 Å². The third-order valence-corrected chi connectivity index (χ3v) is 4.22. The van der Waals surface area contributed by atoms with Gasteiger partial charge in [0.1, 0.15) is 5.92 Å². The molecule has 0 bridgehead atoms. The van der Waals surface area contributed by atoms with Crippen LogP contribution in [0.3, 0.4) is 0 Å². The molecule has 19 heavy (non-hydrogen) atoms. The minimum absolute atomic E-state index is 0.0755. The molecule has 1 fully saturated rings. The number of hydrogen-bond acceptors (Lipinski definition) is 4. The van der Waals surface area contributed by atoms with E-state index in [9.17, 15) is 9.59 Å². The maximum atomic E-state index is 12.6. The van der Waals surface area contributed by atoms with Crippen LogP contribution in [0.1, 0.15) is 34.1 Å². The topological polar surface area (TPSA) is 46.6 Å². The number of amides is 1. The zero-order chi connectivity index (χ0) is 14.5. The Morgan fingerprint density at radius 2 is 1.95 bits per heavy atom. The fourth-order valence-electron chi connectivity index (χ4n) is 2.20. The van der Waals surface area contributed by atoms with Crippen LogP contribution < -0.4 is 0 Å². The highest BCUT2D eigenvalue weighted by Gasteiger charge is 2.41. The van der Waals surface area contributed by atoms with Crippen molar-refractivity contribution in [2.45, 2.75) is 34.1 Å². The summed E-state index contributed by atoms with van der Waals surface area (Å²) in [4.78, 5) is 26.5. The van der Waals surface area contributed by atoms with E-state index in [2.05, 4.69) is 0 Å². The molecule has 0 saturated carbocycles. The molecule has 4 nitrogen and oxygen atoms in total. The van der Waals surface area contributed by atoms with Crippen LogP contribution in [-0.4, -0.2) is 48.0 Å². The fraction of sp³-hybridized carbons (Fsp3) is 0.857. The Morgan fingerprint density at radius 3 is 2.53 bits per heavy atom. The Morgan fingerprint density at radius 1 is 1.26 bits per heavy atom. The maximum absolute atomic E-state index is 12.6. The number of ether oxygens (including phenoxy) is 1. The van der Waals surface area contributed by atoms with Gasteiger partial charge in [0.25, 0.3) is 0 Å². The molecule has 0 aliphatic carbocycles. The van der Waals surface area contributed by atoms with Crippen LogP contribution in [0.25, 0.3) is 0 Å². The zero-order valence-corrected chi connectivity index (χ0v) is 13.2.